The van der Waals surface area contributed by atoms with Gasteiger partial charge in [0.25, 0.3) is 5.91 Å². The fraction of sp³-hybridized carbons (Fsp3) is 0.568. The molecule has 11 heteroatoms. The Bertz CT molecular complexity index is 1420. The lowest BCUT2D eigenvalue weighted by Crippen LogP contribution is -2.60. The minimum Gasteiger partial charge on any atom is -0.352 e. The summed E-state index contributed by atoms with van der Waals surface area (Å²) in [7, 11) is 0. The third-order valence-corrected chi connectivity index (χ3v) is 10.8. The van der Waals surface area contributed by atoms with Gasteiger partial charge >= 0.3 is 0 Å². The highest BCUT2D eigenvalue weighted by atomic mass is 35.5. The summed E-state index contributed by atoms with van der Waals surface area (Å²) in [5.74, 6) is -0.476. The molecule has 1 aliphatic carbocycles. The Hall–Kier alpha value is -3.63. The number of carbonyl (C=O) groups excluding carboxylic acids is 4. The summed E-state index contributed by atoms with van der Waals surface area (Å²) >= 11 is 6.13. The molecule has 10 nitrogen and oxygen atoms in total. The van der Waals surface area contributed by atoms with Crippen LogP contribution in [0.5, 0.6) is 0 Å². The molecule has 258 valence electrons. The van der Waals surface area contributed by atoms with Crippen LogP contribution in [0.3, 0.4) is 0 Å². The molecule has 6 rings (SSSR count). The molecule has 1 unspecified atom stereocenters. The normalized spacial score (nSPS) is 20.9. The molecule has 4 fully saturated rings. The number of hydrogen-bond donors (Lipinski definition) is 2. The summed E-state index contributed by atoms with van der Waals surface area (Å²) in [5.41, 5.74) is 0.978. The first-order valence-electron chi connectivity index (χ1n) is 17.8. The highest BCUT2D eigenvalue weighted by Gasteiger charge is 2.54. The minimum atomic E-state index is -0.855. The van der Waals surface area contributed by atoms with E-state index < -0.39 is 11.6 Å². The molecule has 0 aromatic heterocycles. The van der Waals surface area contributed by atoms with E-state index in [0.717, 1.165) is 62.9 Å². The third-order valence-electron chi connectivity index (χ3n) is 10.6. The lowest BCUT2D eigenvalue weighted by atomic mass is 9.85. The number of hydrogen-bond acceptors (Lipinski definition) is 6. The molecule has 2 aromatic carbocycles. The standard InChI is InChI=1S/C37H49ClN6O4/c38-29-16-14-28(15-17-29)24-32(40-33(45)25-41-20-8-3-9-21-41)35(47)42-22-18-37(19-23-42)36(48)43(27-44(37)31-12-6-2-7-13-31)26-34(46)39-30-10-4-1-5-11-30/h2,6-7,12-17,30,32H,1,3-5,8-11,18-27H2,(H,39,46)(H,40,45). The van der Waals surface area contributed by atoms with E-state index >= 15 is 0 Å². The van der Waals surface area contributed by atoms with Crippen molar-refractivity contribution in [2.45, 2.75) is 88.3 Å². The van der Waals surface area contributed by atoms with Crippen LogP contribution in [-0.2, 0) is 25.6 Å². The van der Waals surface area contributed by atoms with Crippen LogP contribution in [0.1, 0.15) is 69.8 Å². The second-order valence-corrected chi connectivity index (χ2v) is 14.4. The van der Waals surface area contributed by atoms with E-state index in [9.17, 15) is 19.2 Å². The van der Waals surface area contributed by atoms with E-state index in [1.807, 2.05) is 42.5 Å². The topological polar surface area (TPSA) is 105 Å². The Morgan fingerprint density at radius 3 is 2.17 bits per heavy atom. The quantitative estimate of drug-likeness (QED) is 0.395. The second-order valence-electron chi connectivity index (χ2n) is 14.0. The number of para-hydroxylation sites is 1. The monoisotopic (exact) mass is 676 g/mol. The lowest BCUT2D eigenvalue weighted by molar-refractivity contribution is -0.141. The van der Waals surface area contributed by atoms with Crippen LogP contribution < -0.4 is 15.5 Å². The van der Waals surface area contributed by atoms with E-state index in [1.54, 1.807) is 21.9 Å². The molecule has 3 saturated heterocycles. The summed E-state index contributed by atoms with van der Waals surface area (Å²) in [6.45, 7) is 3.14. The summed E-state index contributed by atoms with van der Waals surface area (Å²) in [6.07, 6.45) is 9.98. The zero-order valence-electron chi connectivity index (χ0n) is 27.9. The van der Waals surface area contributed by atoms with Crippen molar-refractivity contribution in [3.63, 3.8) is 0 Å². The van der Waals surface area contributed by atoms with Gasteiger partial charge in [-0.05, 0) is 81.4 Å². The smallest absolute Gasteiger partial charge is 0.250 e. The Labute approximate surface area is 289 Å². The van der Waals surface area contributed by atoms with Gasteiger partial charge in [-0.2, -0.15) is 0 Å². The van der Waals surface area contributed by atoms with Crippen LogP contribution in [0, 0.1) is 0 Å². The Balaban J connectivity index is 1.15. The van der Waals surface area contributed by atoms with Gasteiger partial charge in [0, 0.05) is 36.3 Å². The van der Waals surface area contributed by atoms with Crippen molar-refractivity contribution in [2.24, 2.45) is 0 Å². The fourth-order valence-electron chi connectivity index (χ4n) is 7.95. The van der Waals surface area contributed by atoms with Gasteiger partial charge in [-0.3, -0.25) is 24.1 Å². The van der Waals surface area contributed by atoms with Gasteiger partial charge in [-0.15, -0.1) is 0 Å². The van der Waals surface area contributed by atoms with Gasteiger partial charge in [0.1, 0.15) is 18.1 Å². The van der Waals surface area contributed by atoms with Crippen molar-refractivity contribution >= 4 is 40.9 Å². The SMILES string of the molecule is O=C(CN1CN(c2ccccc2)C2(CCN(C(=O)C(Cc3ccc(Cl)cc3)NC(=O)CN3CCCCC3)CC2)C1=O)NC1CCCCC1. The summed E-state index contributed by atoms with van der Waals surface area (Å²) in [5, 5.41) is 6.83. The molecule has 3 heterocycles. The first-order valence-corrected chi connectivity index (χ1v) is 18.1. The van der Waals surface area contributed by atoms with Gasteiger partial charge in [-0.1, -0.05) is 67.6 Å². The van der Waals surface area contributed by atoms with Crippen molar-refractivity contribution in [3.8, 4) is 0 Å². The van der Waals surface area contributed by atoms with Crippen molar-refractivity contribution in [1.82, 2.24) is 25.3 Å². The van der Waals surface area contributed by atoms with Crippen LogP contribution in [0.25, 0.3) is 0 Å². The number of anilines is 1. The van der Waals surface area contributed by atoms with E-state index in [4.69, 9.17) is 11.6 Å². The molecule has 1 atom stereocenters. The molecule has 0 bridgehead atoms. The fourth-order valence-corrected chi connectivity index (χ4v) is 8.08. The van der Waals surface area contributed by atoms with Crippen LogP contribution >= 0.6 is 11.6 Å². The van der Waals surface area contributed by atoms with Crippen molar-refractivity contribution in [1.29, 1.82) is 0 Å². The number of benzene rings is 2. The maximum Gasteiger partial charge on any atom is 0.250 e. The van der Waals surface area contributed by atoms with Gasteiger partial charge in [0.15, 0.2) is 0 Å². The number of carbonyl (C=O) groups is 4. The predicted octanol–water partition coefficient (Wildman–Crippen LogP) is 3.97. The molecule has 48 heavy (non-hydrogen) atoms. The molecule has 2 aromatic rings. The minimum absolute atomic E-state index is 0.0231. The van der Waals surface area contributed by atoms with Crippen LogP contribution in [-0.4, -0.2) is 102 Å². The van der Waals surface area contributed by atoms with E-state index in [2.05, 4.69) is 20.4 Å². The Kier molecular flexibility index (Phi) is 11.2. The Morgan fingerprint density at radius 2 is 1.48 bits per heavy atom. The molecule has 1 saturated carbocycles. The first kappa shape index (κ1) is 34.2. The zero-order valence-corrected chi connectivity index (χ0v) is 28.6. The van der Waals surface area contributed by atoms with Crippen LogP contribution in [0.15, 0.2) is 54.6 Å². The number of nitrogens with zero attached hydrogens (tertiary/aromatic N) is 4. The van der Waals surface area contributed by atoms with Gasteiger partial charge in [-0.25, -0.2) is 0 Å². The molecule has 2 N–H and O–H groups in total. The Morgan fingerprint density at radius 1 is 0.812 bits per heavy atom. The third kappa shape index (κ3) is 8.14. The number of likely N-dealkylation sites (tertiary alicyclic amines) is 2. The molecule has 3 aliphatic heterocycles. The molecular weight excluding hydrogens is 628 g/mol. The van der Waals surface area contributed by atoms with Crippen LogP contribution in [0.4, 0.5) is 5.69 Å². The van der Waals surface area contributed by atoms with E-state index in [1.165, 1.54) is 12.8 Å². The van der Waals surface area contributed by atoms with Gasteiger partial charge < -0.3 is 25.3 Å². The first-order chi connectivity index (χ1) is 23.3. The van der Waals surface area contributed by atoms with Gasteiger partial charge in [0.05, 0.1) is 13.2 Å². The molecule has 4 aliphatic rings. The summed E-state index contributed by atoms with van der Waals surface area (Å²) in [6, 6.07) is 16.7. The predicted molar refractivity (Wildman–Crippen MR) is 186 cm³/mol. The number of nitrogens with one attached hydrogen (secondary N) is 2. The number of halogens is 1. The van der Waals surface area contributed by atoms with Crippen molar-refractivity contribution < 1.29 is 19.2 Å². The molecule has 4 amide bonds. The largest absolute Gasteiger partial charge is 0.352 e. The highest BCUT2D eigenvalue weighted by Crippen LogP contribution is 2.39. The summed E-state index contributed by atoms with van der Waals surface area (Å²) < 4.78 is 0. The zero-order chi connectivity index (χ0) is 33.5. The highest BCUT2D eigenvalue weighted by molar-refractivity contribution is 6.30. The number of rotatable bonds is 10. The average Bonchev–Trinajstić information content (AvgIpc) is 3.36. The molecule has 1 spiro atoms. The lowest BCUT2D eigenvalue weighted by Gasteiger charge is -2.44. The van der Waals surface area contributed by atoms with Crippen LogP contribution in [0.2, 0.25) is 5.02 Å². The maximum atomic E-state index is 14.2. The molecular formula is C37H49ClN6O4. The van der Waals surface area contributed by atoms with Gasteiger partial charge in [0.2, 0.25) is 17.7 Å². The second kappa shape index (κ2) is 15.7. The van der Waals surface area contributed by atoms with E-state index in [0.29, 0.717) is 44.0 Å². The van der Waals surface area contributed by atoms with Crippen molar-refractivity contribution in [2.75, 3.05) is 50.8 Å². The average molecular weight is 677 g/mol. The number of amides is 4. The number of piperidine rings is 2. The van der Waals surface area contributed by atoms with E-state index in [-0.39, 0.29) is 42.8 Å². The summed E-state index contributed by atoms with van der Waals surface area (Å²) in [4.78, 5) is 62.4. The van der Waals surface area contributed by atoms with Crippen molar-refractivity contribution in [3.05, 3.63) is 65.2 Å². The maximum absolute atomic E-state index is 14.2. The molecule has 0 radical (unpaired) electrons.